The number of thiophene rings is 1. The molecule has 0 aromatic carbocycles. The SMILES string of the molecule is CCOC(=O)c1c(NC(=O)[C@@H](C)OC(=O)c2ccncc2)sc2c1CCCC2. The molecular formula is C20H22N2O5S. The zero-order valence-electron chi connectivity index (χ0n) is 15.8. The molecule has 8 heteroatoms. The number of carbonyl (C=O) groups is 3. The molecular weight excluding hydrogens is 380 g/mol. The molecule has 2 aromatic rings. The van der Waals surface area contributed by atoms with Crippen molar-refractivity contribution >= 4 is 34.2 Å². The first-order valence-corrected chi connectivity index (χ1v) is 10.1. The lowest BCUT2D eigenvalue weighted by molar-refractivity contribution is -0.123. The summed E-state index contributed by atoms with van der Waals surface area (Å²) in [6, 6.07) is 3.03. The molecule has 7 nitrogen and oxygen atoms in total. The zero-order chi connectivity index (χ0) is 20.1. The fraction of sp³-hybridized carbons (Fsp3) is 0.400. The summed E-state index contributed by atoms with van der Waals surface area (Å²) in [5, 5.41) is 3.21. The molecule has 0 spiro atoms. The lowest BCUT2D eigenvalue weighted by Gasteiger charge is -2.14. The Balaban J connectivity index is 1.75. The number of esters is 2. The Morgan fingerprint density at radius 1 is 1.18 bits per heavy atom. The topological polar surface area (TPSA) is 94.6 Å². The first-order chi connectivity index (χ1) is 13.5. The fourth-order valence-corrected chi connectivity index (χ4v) is 4.34. The van der Waals surface area contributed by atoms with Crippen LogP contribution >= 0.6 is 11.3 Å². The minimum Gasteiger partial charge on any atom is -0.462 e. The van der Waals surface area contributed by atoms with E-state index >= 15 is 0 Å². The van der Waals surface area contributed by atoms with Gasteiger partial charge in [-0.05, 0) is 57.2 Å². The van der Waals surface area contributed by atoms with Gasteiger partial charge in [-0.25, -0.2) is 9.59 Å². The van der Waals surface area contributed by atoms with Crippen molar-refractivity contribution in [3.63, 3.8) is 0 Å². The summed E-state index contributed by atoms with van der Waals surface area (Å²) in [6.45, 7) is 3.50. The predicted octanol–water partition coefficient (Wildman–Crippen LogP) is 3.38. The monoisotopic (exact) mass is 402 g/mol. The van der Waals surface area contributed by atoms with E-state index in [1.165, 1.54) is 42.8 Å². The highest BCUT2D eigenvalue weighted by molar-refractivity contribution is 7.17. The lowest BCUT2D eigenvalue weighted by Crippen LogP contribution is -2.30. The highest BCUT2D eigenvalue weighted by Crippen LogP contribution is 2.38. The van der Waals surface area contributed by atoms with Gasteiger partial charge in [0.25, 0.3) is 5.91 Å². The molecule has 0 bridgehead atoms. The van der Waals surface area contributed by atoms with Crippen LogP contribution in [0.3, 0.4) is 0 Å². The minimum atomic E-state index is -1.02. The third kappa shape index (κ3) is 4.39. The van der Waals surface area contributed by atoms with Crippen molar-refractivity contribution in [1.82, 2.24) is 4.98 Å². The molecule has 1 aliphatic rings. The zero-order valence-corrected chi connectivity index (χ0v) is 16.6. The Bertz CT molecular complexity index is 878. The number of aromatic nitrogens is 1. The van der Waals surface area contributed by atoms with Gasteiger partial charge in [-0.2, -0.15) is 0 Å². The van der Waals surface area contributed by atoms with Gasteiger partial charge in [-0.15, -0.1) is 11.3 Å². The van der Waals surface area contributed by atoms with E-state index in [-0.39, 0.29) is 6.61 Å². The molecule has 0 saturated heterocycles. The van der Waals surface area contributed by atoms with Crippen LogP contribution in [0.5, 0.6) is 0 Å². The third-order valence-corrected chi connectivity index (χ3v) is 5.66. The van der Waals surface area contributed by atoms with E-state index in [2.05, 4.69) is 10.3 Å². The molecule has 0 saturated carbocycles. The van der Waals surface area contributed by atoms with E-state index in [4.69, 9.17) is 9.47 Å². The van der Waals surface area contributed by atoms with E-state index < -0.39 is 23.9 Å². The molecule has 0 aliphatic heterocycles. The molecule has 0 radical (unpaired) electrons. The van der Waals surface area contributed by atoms with Gasteiger partial charge in [0.05, 0.1) is 17.7 Å². The van der Waals surface area contributed by atoms with Crippen LogP contribution in [0.2, 0.25) is 0 Å². The van der Waals surface area contributed by atoms with Gasteiger partial charge in [0.2, 0.25) is 0 Å². The lowest BCUT2D eigenvalue weighted by atomic mass is 9.95. The van der Waals surface area contributed by atoms with Crippen molar-refractivity contribution < 1.29 is 23.9 Å². The minimum absolute atomic E-state index is 0.261. The molecule has 1 aliphatic carbocycles. The fourth-order valence-electron chi connectivity index (χ4n) is 3.06. The number of nitrogens with zero attached hydrogens (tertiary/aromatic N) is 1. The van der Waals surface area contributed by atoms with Crippen LogP contribution in [-0.2, 0) is 27.1 Å². The van der Waals surface area contributed by atoms with E-state index in [0.717, 1.165) is 36.1 Å². The number of rotatable bonds is 6. The number of pyridine rings is 1. The number of hydrogen-bond acceptors (Lipinski definition) is 7. The van der Waals surface area contributed by atoms with Crippen LogP contribution < -0.4 is 5.32 Å². The first-order valence-electron chi connectivity index (χ1n) is 9.24. The van der Waals surface area contributed by atoms with Crippen molar-refractivity contribution in [2.45, 2.75) is 45.6 Å². The number of carbonyl (C=O) groups excluding carboxylic acids is 3. The molecule has 1 amide bonds. The summed E-state index contributed by atoms with van der Waals surface area (Å²) in [4.78, 5) is 42.1. The van der Waals surface area contributed by atoms with Gasteiger partial charge in [-0.3, -0.25) is 9.78 Å². The van der Waals surface area contributed by atoms with Crippen molar-refractivity contribution in [3.8, 4) is 0 Å². The van der Waals surface area contributed by atoms with Gasteiger partial charge in [0, 0.05) is 17.3 Å². The molecule has 0 unspecified atom stereocenters. The summed E-state index contributed by atoms with van der Waals surface area (Å²) in [7, 11) is 0. The number of aryl methyl sites for hydroxylation is 1. The van der Waals surface area contributed by atoms with Crippen LogP contribution in [0, 0.1) is 0 Å². The van der Waals surface area contributed by atoms with E-state index in [1.54, 1.807) is 6.92 Å². The average Bonchev–Trinajstić information content (AvgIpc) is 3.06. The van der Waals surface area contributed by atoms with Gasteiger partial charge >= 0.3 is 11.9 Å². The van der Waals surface area contributed by atoms with Crippen LogP contribution in [0.4, 0.5) is 5.00 Å². The summed E-state index contributed by atoms with van der Waals surface area (Å²) in [6.07, 6.45) is 5.67. The Labute approximate surface area is 167 Å². The molecule has 2 aromatic heterocycles. The number of anilines is 1. The maximum atomic E-state index is 12.6. The quantitative estimate of drug-likeness (QED) is 0.745. The van der Waals surface area contributed by atoms with Crippen molar-refractivity contribution in [3.05, 3.63) is 46.1 Å². The summed E-state index contributed by atoms with van der Waals surface area (Å²) < 4.78 is 10.4. The van der Waals surface area contributed by atoms with Crippen LogP contribution in [0.25, 0.3) is 0 Å². The molecule has 3 rings (SSSR count). The van der Waals surface area contributed by atoms with Crippen molar-refractivity contribution in [2.75, 3.05) is 11.9 Å². The summed E-state index contributed by atoms with van der Waals surface area (Å²) >= 11 is 1.40. The maximum absolute atomic E-state index is 12.6. The molecule has 28 heavy (non-hydrogen) atoms. The van der Waals surface area contributed by atoms with Crippen LogP contribution in [0.15, 0.2) is 24.5 Å². The summed E-state index contributed by atoms with van der Waals surface area (Å²) in [5.41, 5.74) is 1.71. The Morgan fingerprint density at radius 3 is 2.61 bits per heavy atom. The van der Waals surface area contributed by atoms with E-state index in [1.807, 2.05) is 0 Å². The molecule has 1 atom stereocenters. The third-order valence-electron chi connectivity index (χ3n) is 4.46. The second-order valence-corrected chi connectivity index (χ2v) is 7.51. The highest BCUT2D eigenvalue weighted by atomic mass is 32.1. The van der Waals surface area contributed by atoms with E-state index in [9.17, 15) is 14.4 Å². The molecule has 148 valence electrons. The predicted molar refractivity (Wildman–Crippen MR) is 105 cm³/mol. The Hall–Kier alpha value is -2.74. The maximum Gasteiger partial charge on any atom is 0.341 e. The van der Waals surface area contributed by atoms with Gasteiger partial charge < -0.3 is 14.8 Å². The second kappa shape index (κ2) is 8.97. The number of hydrogen-bond donors (Lipinski definition) is 1. The van der Waals surface area contributed by atoms with Gasteiger partial charge in [-0.1, -0.05) is 0 Å². The van der Waals surface area contributed by atoms with Crippen LogP contribution in [0.1, 0.15) is 57.8 Å². The largest absolute Gasteiger partial charge is 0.462 e. The number of fused-ring (bicyclic) bond motifs is 1. The van der Waals surface area contributed by atoms with Crippen LogP contribution in [-0.4, -0.2) is 35.5 Å². The van der Waals surface area contributed by atoms with Crippen molar-refractivity contribution in [1.29, 1.82) is 0 Å². The van der Waals surface area contributed by atoms with Crippen molar-refractivity contribution in [2.24, 2.45) is 0 Å². The van der Waals surface area contributed by atoms with E-state index in [0.29, 0.717) is 16.1 Å². The Kier molecular flexibility index (Phi) is 6.41. The first kappa shape index (κ1) is 20.0. The second-order valence-electron chi connectivity index (χ2n) is 6.41. The molecule has 0 fully saturated rings. The number of nitrogens with one attached hydrogen (secondary N) is 1. The normalized spacial score (nSPS) is 13.9. The number of ether oxygens (including phenoxy) is 2. The highest BCUT2D eigenvalue weighted by Gasteiger charge is 2.28. The average molecular weight is 402 g/mol. The Morgan fingerprint density at radius 2 is 1.89 bits per heavy atom. The summed E-state index contributed by atoms with van der Waals surface area (Å²) in [5.74, 6) is -1.54. The standard InChI is InChI=1S/C20H22N2O5S/c1-3-26-20(25)16-14-6-4-5-7-15(14)28-18(16)22-17(23)12(2)27-19(24)13-8-10-21-11-9-13/h8-12H,3-7H2,1-2H3,(H,22,23)/t12-/m1/s1. The van der Waals surface area contributed by atoms with Gasteiger partial charge in [0.15, 0.2) is 6.10 Å². The molecule has 1 N–H and O–H groups in total. The smallest absolute Gasteiger partial charge is 0.341 e. The number of amides is 1. The van der Waals surface area contributed by atoms with Gasteiger partial charge in [0.1, 0.15) is 5.00 Å². The molecule has 2 heterocycles.